The van der Waals surface area contributed by atoms with Gasteiger partial charge in [-0.1, -0.05) is 11.6 Å². The molecule has 0 saturated carbocycles. The lowest BCUT2D eigenvalue weighted by Gasteiger charge is -2.08. The van der Waals surface area contributed by atoms with E-state index in [9.17, 15) is 9.18 Å². The molecule has 2 heterocycles. The number of ether oxygens (including phenoxy) is 2. The minimum Gasteiger partial charge on any atom is -0.497 e. The number of aromatic nitrogens is 3. The Labute approximate surface area is 164 Å². The van der Waals surface area contributed by atoms with Gasteiger partial charge in [-0.05, 0) is 36.4 Å². The zero-order valence-electron chi connectivity index (χ0n) is 15.0. The van der Waals surface area contributed by atoms with Crippen molar-refractivity contribution in [3.63, 3.8) is 0 Å². The summed E-state index contributed by atoms with van der Waals surface area (Å²) in [6.45, 7) is 0. The van der Waals surface area contributed by atoms with Crippen LogP contribution in [0, 0.1) is 5.82 Å². The number of benzene rings is 2. The normalized spacial score (nSPS) is 11.0. The van der Waals surface area contributed by atoms with Gasteiger partial charge in [0.2, 0.25) is 5.65 Å². The average Bonchev–Trinajstić information content (AvgIpc) is 3.15. The molecule has 0 N–H and O–H groups in total. The summed E-state index contributed by atoms with van der Waals surface area (Å²) in [6, 6.07) is 9.43. The van der Waals surface area contributed by atoms with Gasteiger partial charge in [0.05, 0.1) is 30.6 Å². The third-order valence-electron chi connectivity index (χ3n) is 4.38. The highest BCUT2D eigenvalue weighted by molar-refractivity contribution is 6.30. The van der Waals surface area contributed by atoms with Crippen LogP contribution in [0.25, 0.3) is 22.6 Å². The summed E-state index contributed by atoms with van der Waals surface area (Å²) in [5, 5.41) is -0.0607. The zero-order valence-corrected chi connectivity index (χ0v) is 15.8. The van der Waals surface area contributed by atoms with E-state index < -0.39 is 5.82 Å². The summed E-state index contributed by atoms with van der Waals surface area (Å²) in [5.41, 5.74) is 1.55. The molecule has 8 heteroatoms. The lowest BCUT2D eigenvalue weighted by atomic mass is 10.1. The van der Waals surface area contributed by atoms with Crippen molar-refractivity contribution < 1.29 is 13.9 Å². The van der Waals surface area contributed by atoms with Gasteiger partial charge in [-0.3, -0.25) is 9.36 Å². The molecule has 0 aliphatic rings. The molecule has 142 valence electrons. The van der Waals surface area contributed by atoms with Gasteiger partial charge in [0.15, 0.2) is 0 Å². The predicted octanol–water partition coefficient (Wildman–Crippen LogP) is 3.96. The summed E-state index contributed by atoms with van der Waals surface area (Å²) in [6.07, 6.45) is 5.00. The maximum atomic E-state index is 13.4. The van der Waals surface area contributed by atoms with E-state index in [0.717, 1.165) is 0 Å². The summed E-state index contributed by atoms with van der Waals surface area (Å²) < 4.78 is 27.1. The summed E-state index contributed by atoms with van der Waals surface area (Å²) in [5.74, 6) is 0.703. The fourth-order valence-corrected chi connectivity index (χ4v) is 3.14. The largest absolute Gasteiger partial charge is 0.497 e. The maximum absolute atomic E-state index is 13.4. The number of methoxy groups -OCH3 is 2. The molecule has 0 atom stereocenters. The lowest BCUT2D eigenvalue weighted by molar-refractivity contribution is 0.404. The Morgan fingerprint density at radius 1 is 1.07 bits per heavy atom. The Kier molecular flexibility index (Phi) is 4.52. The predicted molar refractivity (Wildman–Crippen MR) is 104 cm³/mol. The number of hydrogen-bond acceptors (Lipinski definition) is 4. The van der Waals surface area contributed by atoms with Crippen molar-refractivity contribution in [1.82, 2.24) is 14.0 Å². The topological polar surface area (TPSA) is 57.8 Å². The van der Waals surface area contributed by atoms with Crippen molar-refractivity contribution >= 4 is 17.2 Å². The van der Waals surface area contributed by atoms with Gasteiger partial charge in [-0.15, -0.1) is 0 Å². The van der Waals surface area contributed by atoms with Gasteiger partial charge >= 0.3 is 0 Å². The Bertz CT molecular complexity index is 1250. The number of hydrogen-bond donors (Lipinski definition) is 0. The number of fused-ring (bicyclic) bond motifs is 1. The fourth-order valence-electron chi connectivity index (χ4n) is 2.96. The van der Waals surface area contributed by atoms with E-state index in [2.05, 4.69) is 4.98 Å². The van der Waals surface area contributed by atoms with Crippen molar-refractivity contribution in [2.45, 2.75) is 0 Å². The monoisotopic (exact) mass is 399 g/mol. The van der Waals surface area contributed by atoms with Crippen molar-refractivity contribution in [3.05, 3.63) is 76.2 Å². The van der Waals surface area contributed by atoms with Crippen LogP contribution in [0.2, 0.25) is 5.02 Å². The van der Waals surface area contributed by atoms with Crippen LogP contribution >= 0.6 is 11.6 Å². The zero-order chi connectivity index (χ0) is 19.8. The number of rotatable bonds is 4. The third-order valence-corrected chi connectivity index (χ3v) is 4.67. The molecule has 28 heavy (non-hydrogen) atoms. The molecule has 2 aromatic carbocycles. The molecule has 0 aliphatic heterocycles. The molecular weight excluding hydrogens is 385 g/mol. The molecule has 0 saturated heterocycles. The second-order valence-corrected chi connectivity index (χ2v) is 6.40. The van der Waals surface area contributed by atoms with Gasteiger partial charge in [0.1, 0.15) is 17.3 Å². The first-order valence-corrected chi connectivity index (χ1v) is 8.68. The average molecular weight is 400 g/mol. The standard InChI is InChI=1S/C20H15ClFN3O3/c1-27-13-4-6-18(28-2)14(10-13)17-11-24-7-8-25(20(26)19(24)23-17)12-3-5-16(22)15(21)9-12/h3-11H,1-2H3. The van der Waals surface area contributed by atoms with Crippen LogP contribution in [0.15, 0.2) is 59.8 Å². The Balaban J connectivity index is 1.88. The summed E-state index contributed by atoms with van der Waals surface area (Å²) >= 11 is 5.84. The lowest BCUT2D eigenvalue weighted by Crippen LogP contribution is -2.20. The third kappa shape index (κ3) is 2.99. The Hall–Kier alpha value is -3.32. The van der Waals surface area contributed by atoms with E-state index in [1.807, 2.05) is 0 Å². The molecule has 4 rings (SSSR count). The van der Waals surface area contributed by atoms with Crippen LogP contribution in [-0.2, 0) is 0 Å². The van der Waals surface area contributed by atoms with E-state index in [1.54, 1.807) is 55.4 Å². The van der Waals surface area contributed by atoms with Crippen LogP contribution in [0.3, 0.4) is 0 Å². The molecule has 6 nitrogen and oxygen atoms in total. The highest BCUT2D eigenvalue weighted by Crippen LogP contribution is 2.32. The summed E-state index contributed by atoms with van der Waals surface area (Å²) in [4.78, 5) is 17.4. The molecule has 2 aromatic heterocycles. The van der Waals surface area contributed by atoms with Crippen LogP contribution in [0.1, 0.15) is 0 Å². The Morgan fingerprint density at radius 3 is 2.61 bits per heavy atom. The van der Waals surface area contributed by atoms with Gasteiger partial charge in [0, 0.05) is 24.2 Å². The first-order chi connectivity index (χ1) is 13.5. The van der Waals surface area contributed by atoms with Crippen LogP contribution in [0.4, 0.5) is 4.39 Å². The smallest absolute Gasteiger partial charge is 0.298 e. The molecule has 4 aromatic rings. The molecule has 0 radical (unpaired) electrons. The van der Waals surface area contributed by atoms with Crippen LogP contribution in [0.5, 0.6) is 11.5 Å². The first kappa shape index (κ1) is 18.1. The van der Waals surface area contributed by atoms with Gasteiger partial charge < -0.3 is 13.9 Å². The second-order valence-electron chi connectivity index (χ2n) is 5.99. The van der Waals surface area contributed by atoms with Crippen molar-refractivity contribution in [1.29, 1.82) is 0 Å². The quantitative estimate of drug-likeness (QED) is 0.521. The minimum atomic E-state index is -0.548. The van der Waals surface area contributed by atoms with E-state index in [-0.39, 0.29) is 16.2 Å². The molecule has 0 unspecified atom stereocenters. The van der Waals surface area contributed by atoms with Gasteiger partial charge in [-0.2, -0.15) is 0 Å². The minimum absolute atomic E-state index is 0.0607. The van der Waals surface area contributed by atoms with Crippen LogP contribution < -0.4 is 15.0 Å². The molecule has 0 bridgehead atoms. The molecule has 0 fully saturated rings. The molecule has 0 aliphatic carbocycles. The number of nitrogens with zero attached hydrogens (tertiary/aromatic N) is 3. The Morgan fingerprint density at radius 2 is 1.89 bits per heavy atom. The molecular formula is C20H15ClFN3O3. The molecule has 0 amide bonds. The van der Waals surface area contributed by atoms with Crippen molar-refractivity contribution in [3.8, 4) is 28.4 Å². The number of halogens is 2. The van der Waals surface area contributed by atoms with Gasteiger partial charge in [0.25, 0.3) is 5.56 Å². The SMILES string of the molecule is COc1ccc(OC)c(-c2cn3ccn(-c4ccc(F)c(Cl)c4)c(=O)c3n2)c1. The van der Waals surface area contributed by atoms with Crippen molar-refractivity contribution in [2.75, 3.05) is 14.2 Å². The first-order valence-electron chi connectivity index (χ1n) is 8.30. The van der Waals surface area contributed by atoms with E-state index in [1.165, 1.54) is 22.8 Å². The second kappa shape index (κ2) is 7.01. The van der Waals surface area contributed by atoms with Gasteiger partial charge in [-0.25, -0.2) is 9.37 Å². The number of imidazole rings is 1. The van der Waals surface area contributed by atoms with E-state index >= 15 is 0 Å². The maximum Gasteiger partial charge on any atom is 0.298 e. The van der Waals surface area contributed by atoms with E-state index in [0.29, 0.717) is 28.4 Å². The van der Waals surface area contributed by atoms with E-state index in [4.69, 9.17) is 21.1 Å². The highest BCUT2D eigenvalue weighted by Gasteiger charge is 2.15. The van der Waals surface area contributed by atoms with Crippen LogP contribution in [-0.4, -0.2) is 28.2 Å². The highest BCUT2D eigenvalue weighted by atomic mass is 35.5. The van der Waals surface area contributed by atoms with Crippen molar-refractivity contribution in [2.24, 2.45) is 0 Å². The molecule has 0 spiro atoms. The fraction of sp³-hybridized carbons (Fsp3) is 0.100. The summed E-state index contributed by atoms with van der Waals surface area (Å²) in [7, 11) is 3.13.